The lowest BCUT2D eigenvalue weighted by atomic mass is 10.2. The maximum absolute atomic E-state index is 12.5. The van der Waals surface area contributed by atoms with Gasteiger partial charge in [-0.15, -0.1) is 0 Å². The lowest BCUT2D eigenvalue weighted by Crippen LogP contribution is -2.20. The van der Waals surface area contributed by atoms with Crippen LogP contribution in [0.4, 0.5) is 11.4 Å². The molecule has 0 saturated carbocycles. The predicted octanol–water partition coefficient (Wildman–Crippen LogP) is 4.42. The van der Waals surface area contributed by atoms with Crippen molar-refractivity contribution in [2.24, 2.45) is 0 Å². The number of nitrogens with one attached hydrogen (secondary N) is 2. The van der Waals surface area contributed by atoms with Crippen molar-refractivity contribution in [1.82, 2.24) is 4.37 Å². The Morgan fingerprint density at radius 2 is 1.84 bits per heavy atom. The Hall–Kier alpha value is -3.43. The molecule has 3 aromatic carbocycles. The molecule has 9 heteroatoms. The zero-order chi connectivity index (χ0) is 21.8. The van der Waals surface area contributed by atoms with Crippen LogP contribution >= 0.6 is 11.5 Å². The second-order valence-electron chi connectivity index (χ2n) is 6.86. The van der Waals surface area contributed by atoms with E-state index in [9.17, 15) is 13.2 Å². The number of fused-ring (bicyclic) bond motifs is 1. The highest BCUT2D eigenvalue weighted by molar-refractivity contribution is 7.92. The average Bonchev–Trinajstić information content (AvgIpc) is 3.20. The third-order valence-electron chi connectivity index (χ3n) is 4.41. The summed E-state index contributed by atoms with van der Waals surface area (Å²) in [6, 6.07) is 18.5. The minimum absolute atomic E-state index is 0.100. The molecule has 7 nitrogen and oxygen atoms in total. The second-order valence-corrected chi connectivity index (χ2v) is 9.38. The molecule has 31 heavy (non-hydrogen) atoms. The van der Waals surface area contributed by atoms with Gasteiger partial charge in [-0.05, 0) is 78.6 Å². The van der Waals surface area contributed by atoms with Crippen LogP contribution in [0, 0.1) is 6.92 Å². The Morgan fingerprint density at radius 1 is 1.03 bits per heavy atom. The number of rotatable bonds is 7. The van der Waals surface area contributed by atoms with Crippen LogP contribution in [-0.4, -0.2) is 25.3 Å². The molecule has 0 unspecified atom stereocenters. The summed E-state index contributed by atoms with van der Waals surface area (Å²) in [7, 11) is -3.72. The van der Waals surface area contributed by atoms with E-state index in [4.69, 9.17) is 4.74 Å². The Kier molecular flexibility index (Phi) is 5.88. The van der Waals surface area contributed by atoms with Gasteiger partial charge in [0.1, 0.15) is 5.75 Å². The third kappa shape index (κ3) is 5.19. The first-order chi connectivity index (χ1) is 14.9. The number of ether oxygens (including phenoxy) is 1. The van der Waals surface area contributed by atoms with Gasteiger partial charge in [-0.1, -0.05) is 12.1 Å². The number of nitrogens with zero attached hydrogens (tertiary/aromatic N) is 1. The molecule has 0 radical (unpaired) electrons. The summed E-state index contributed by atoms with van der Waals surface area (Å²) < 4.78 is 38.3. The van der Waals surface area contributed by atoms with Crippen molar-refractivity contribution in [3.05, 3.63) is 78.5 Å². The molecule has 2 N–H and O–H groups in total. The maximum Gasteiger partial charge on any atom is 0.262 e. The molecule has 0 fully saturated rings. The number of hydrogen-bond acceptors (Lipinski definition) is 6. The van der Waals surface area contributed by atoms with Crippen molar-refractivity contribution >= 4 is 48.9 Å². The molecule has 4 rings (SSSR count). The molecular formula is C22H19N3O4S2. The van der Waals surface area contributed by atoms with E-state index in [0.717, 1.165) is 15.6 Å². The highest BCUT2D eigenvalue weighted by atomic mass is 32.2. The van der Waals surface area contributed by atoms with E-state index in [1.807, 2.05) is 25.1 Å². The van der Waals surface area contributed by atoms with Crippen molar-refractivity contribution in [1.29, 1.82) is 0 Å². The van der Waals surface area contributed by atoms with Crippen LogP contribution in [0.3, 0.4) is 0 Å². The van der Waals surface area contributed by atoms with Gasteiger partial charge in [0.15, 0.2) is 6.61 Å². The maximum atomic E-state index is 12.5. The van der Waals surface area contributed by atoms with Crippen LogP contribution in [0.25, 0.3) is 10.1 Å². The number of benzene rings is 3. The minimum Gasteiger partial charge on any atom is -0.484 e. The monoisotopic (exact) mass is 453 g/mol. The van der Waals surface area contributed by atoms with E-state index in [1.165, 1.54) is 35.8 Å². The van der Waals surface area contributed by atoms with Gasteiger partial charge in [0.05, 0.1) is 9.60 Å². The molecule has 0 saturated heterocycles. The van der Waals surface area contributed by atoms with Gasteiger partial charge in [0.25, 0.3) is 15.9 Å². The molecule has 0 atom stereocenters. The van der Waals surface area contributed by atoms with E-state index >= 15 is 0 Å². The van der Waals surface area contributed by atoms with Crippen molar-refractivity contribution < 1.29 is 17.9 Å². The summed E-state index contributed by atoms with van der Waals surface area (Å²) in [6.45, 7) is 1.69. The van der Waals surface area contributed by atoms with Gasteiger partial charge < -0.3 is 10.1 Å². The van der Waals surface area contributed by atoms with Crippen LogP contribution in [0.2, 0.25) is 0 Å². The van der Waals surface area contributed by atoms with Crippen molar-refractivity contribution in [3.63, 3.8) is 0 Å². The Morgan fingerprint density at radius 3 is 2.61 bits per heavy atom. The molecule has 0 bridgehead atoms. The Balaban J connectivity index is 1.35. The van der Waals surface area contributed by atoms with Crippen molar-refractivity contribution in [2.45, 2.75) is 11.8 Å². The van der Waals surface area contributed by atoms with E-state index in [1.54, 1.807) is 30.5 Å². The minimum atomic E-state index is -3.72. The van der Waals surface area contributed by atoms with Gasteiger partial charge in [0.2, 0.25) is 0 Å². The molecule has 0 aliphatic heterocycles. The summed E-state index contributed by atoms with van der Waals surface area (Å²) in [6.07, 6.45) is 1.75. The van der Waals surface area contributed by atoms with Crippen LogP contribution in [0.5, 0.6) is 5.75 Å². The standard InChI is InChI=1S/C22H19N3O4S2/c1-15-3-2-4-18(11-15)25-31(27,28)20-8-6-19(7-9-20)29-14-22(26)24-17-5-10-21-16(12-17)13-23-30-21/h2-13,25H,14H2,1H3,(H,24,26). The molecule has 0 aliphatic carbocycles. The van der Waals surface area contributed by atoms with Crippen molar-refractivity contribution in [2.75, 3.05) is 16.6 Å². The zero-order valence-corrected chi connectivity index (χ0v) is 18.2. The summed E-state index contributed by atoms with van der Waals surface area (Å²) >= 11 is 1.39. The fourth-order valence-corrected chi connectivity index (χ4v) is 4.61. The topological polar surface area (TPSA) is 97.4 Å². The van der Waals surface area contributed by atoms with E-state index in [0.29, 0.717) is 17.1 Å². The predicted molar refractivity (Wildman–Crippen MR) is 122 cm³/mol. The number of aromatic nitrogens is 1. The summed E-state index contributed by atoms with van der Waals surface area (Å²) in [4.78, 5) is 12.3. The normalized spacial score (nSPS) is 11.3. The zero-order valence-electron chi connectivity index (χ0n) is 16.5. The first-order valence-electron chi connectivity index (χ1n) is 9.36. The number of carbonyl (C=O) groups is 1. The molecular weight excluding hydrogens is 434 g/mol. The number of hydrogen-bond donors (Lipinski definition) is 2. The largest absolute Gasteiger partial charge is 0.484 e. The molecule has 158 valence electrons. The molecule has 1 aromatic heterocycles. The first kappa shape index (κ1) is 20.8. The van der Waals surface area contributed by atoms with E-state index in [-0.39, 0.29) is 17.4 Å². The number of carbonyl (C=O) groups excluding carboxylic acids is 1. The summed E-state index contributed by atoms with van der Waals surface area (Å²) in [5.74, 6) is 0.0718. The molecule has 1 heterocycles. The second kappa shape index (κ2) is 8.75. The number of anilines is 2. The average molecular weight is 454 g/mol. The lowest BCUT2D eigenvalue weighted by molar-refractivity contribution is -0.118. The molecule has 0 spiro atoms. The lowest BCUT2D eigenvalue weighted by Gasteiger charge is -2.10. The van der Waals surface area contributed by atoms with E-state index < -0.39 is 10.0 Å². The highest BCUT2D eigenvalue weighted by Crippen LogP contribution is 2.22. The van der Waals surface area contributed by atoms with Crippen LogP contribution < -0.4 is 14.8 Å². The fourth-order valence-electron chi connectivity index (χ4n) is 2.93. The van der Waals surface area contributed by atoms with Gasteiger partial charge >= 0.3 is 0 Å². The third-order valence-corrected chi connectivity index (χ3v) is 6.59. The van der Waals surface area contributed by atoms with Crippen LogP contribution in [0.1, 0.15) is 5.56 Å². The molecule has 0 aliphatic rings. The van der Waals surface area contributed by atoms with Crippen LogP contribution in [-0.2, 0) is 14.8 Å². The number of amides is 1. The Bertz CT molecular complexity index is 1330. The van der Waals surface area contributed by atoms with Gasteiger partial charge in [-0.3, -0.25) is 9.52 Å². The Labute approximate surface area is 183 Å². The fraction of sp³-hybridized carbons (Fsp3) is 0.0909. The summed E-state index contributed by atoms with van der Waals surface area (Å²) in [5, 5.41) is 3.73. The van der Waals surface area contributed by atoms with Crippen molar-refractivity contribution in [3.8, 4) is 5.75 Å². The van der Waals surface area contributed by atoms with Gasteiger partial charge in [-0.25, -0.2) is 8.42 Å². The first-order valence-corrected chi connectivity index (χ1v) is 11.6. The smallest absolute Gasteiger partial charge is 0.262 e. The summed E-state index contributed by atoms with van der Waals surface area (Å²) in [5.41, 5.74) is 2.10. The van der Waals surface area contributed by atoms with Crippen LogP contribution in [0.15, 0.2) is 77.8 Å². The quantitative estimate of drug-likeness (QED) is 0.432. The van der Waals surface area contributed by atoms with Gasteiger partial charge in [-0.2, -0.15) is 4.37 Å². The SMILES string of the molecule is Cc1cccc(NS(=O)(=O)c2ccc(OCC(=O)Nc3ccc4sncc4c3)cc2)c1. The van der Waals surface area contributed by atoms with Gasteiger partial charge in [0, 0.05) is 23.0 Å². The molecule has 1 amide bonds. The molecule has 4 aromatic rings. The highest BCUT2D eigenvalue weighted by Gasteiger charge is 2.14. The number of sulfonamides is 1. The number of aryl methyl sites for hydroxylation is 1. The van der Waals surface area contributed by atoms with E-state index in [2.05, 4.69) is 14.4 Å².